The molecule has 2 aliphatic rings. The summed E-state index contributed by atoms with van der Waals surface area (Å²) in [5, 5.41) is 0. The minimum absolute atomic E-state index is 0.0600. The molecular weight excluding hydrogens is 395 g/mol. The third kappa shape index (κ3) is 4.38. The lowest BCUT2D eigenvalue weighted by atomic mass is 10.1. The number of halogens is 3. The Labute approximate surface area is 173 Å². The zero-order valence-electron chi connectivity index (χ0n) is 16.8. The van der Waals surface area contributed by atoms with Crippen molar-refractivity contribution in [1.29, 1.82) is 0 Å². The topological polar surface area (TPSA) is 36.0 Å². The quantitative estimate of drug-likeness (QED) is 0.761. The van der Waals surface area contributed by atoms with E-state index in [9.17, 15) is 18.0 Å². The summed E-state index contributed by atoms with van der Waals surface area (Å²) >= 11 is 0. The van der Waals surface area contributed by atoms with Gasteiger partial charge in [-0.25, -0.2) is 0 Å². The maximum Gasteiger partial charge on any atom is 0.416 e. The molecule has 0 aromatic heterocycles. The van der Waals surface area contributed by atoms with E-state index in [0.717, 1.165) is 49.1 Å². The highest BCUT2D eigenvalue weighted by molar-refractivity contribution is 5.97. The van der Waals surface area contributed by atoms with Gasteiger partial charge in [0.2, 0.25) is 0 Å². The number of benzene rings is 2. The van der Waals surface area contributed by atoms with E-state index < -0.39 is 11.7 Å². The van der Waals surface area contributed by atoms with Gasteiger partial charge in [0.05, 0.1) is 11.3 Å². The fourth-order valence-electron chi connectivity index (χ4n) is 3.87. The van der Waals surface area contributed by atoms with Crippen LogP contribution >= 0.6 is 0 Å². The largest absolute Gasteiger partial charge is 0.482 e. The number of nitrogens with zero attached hydrogens (tertiary/aromatic N) is 3. The number of piperazine rings is 1. The van der Waals surface area contributed by atoms with Crippen molar-refractivity contribution >= 4 is 17.3 Å². The predicted molar refractivity (Wildman–Crippen MR) is 109 cm³/mol. The minimum Gasteiger partial charge on any atom is -0.482 e. The number of carbonyl (C=O) groups is 1. The molecule has 1 fully saturated rings. The van der Waals surface area contributed by atoms with Crippen molar-refractivity contribution in [2.75, 3.05) is 56.2 Å². The van der Waals surface area contributed by atoms with E-state index in [1.165, 1.54) is 12.1 Å². The molecule has 2 aliphatic heterocycles. The Hall–Kier alpha value is -2.74. The Kier molecular flexibility index (Phi) is 5.60. The van der Waals surface area contributed by atoms with Crippen LogP contribution in [0, 0.1) is 0 Å². The number of hydrogen-bond acceptors (Lipinski definition) is 4. The summed E-state index contributed by atoms with van der Waals surface area (Å²) in [5.41, 5.74) is 1.93. The van der Waals surface area contributed by atoms with Crippen molar-refractivity contribution < 1.29 is 22.7 Å². The molecule has 30 heavy (non-hydrogen) atoms. The number of ether oxygens (including phenoxy) is 1. The van der Waals surface area contributed by atoms with Crippen molar-refractivity contribution in [2.24, 2.45) is 0 Å². The van der Waals surface area contributed by atoms with E-state index in [1.807, 2.05) is 23.1 Å². The van der Waals surface area contributed by atoms with Crippen LogP contribution in [0.5, 0.6) is 5.75 Å². The number of hydrogen-bond donors (Lipinski definition) is 0. The number of carbonyl (C=O) groups excluding carboxylic acids is 1. The highest BCUT2D eigenvalue weighted by Gasteiger charge is 2.31. The molecule has 0 aliphatic carbocycles. The minimum atomic E-state index is -4.32. The van der Waals surface area contributed by atoms with E-state index >= 15 is 0 Å². The van der Waals surface area contributed by atoms with Crippen LogP contribution in [0.1, 0.15) is 11.1 Å². The van der Waals surface area contributed by atoms with Gasteiger partial charge in [0.1, 0.15) is 5.75 Å². The summed E-state index contributed by atoms with van der Waals surface area (Å²) in [6, 6.07) is 11.4. The zero-order valence-corrected chi connectivity index (χ0v) is 16.8. The molecule has 5 nitrogen and oxygen atoms in total. The molecule has 160 valence electrons. The Morgan fingerprint density at radius 3 is 2.53 bits per heavy atom. The van der Waals surface area contributed by atoms with Gasteiger partial charge in [-0.15, -0.1) is 0 Å². The van der Waals surface area contributed by atoms with E-state index in [4.69, 9.17) is 4.74 Å². The number of alkyl halides is 3. The summed E-state index contributed by atoms with van der Waals surface area (Å²) in [4.78, 5) is 17.6. The first-order valence-corrected chi connectivity index (χ1v) is 9.98. The first-order valence-electron chi connectivity index (χ1n) is 9.98. The van der Waals surface area contributed by atoms with Crippen molar-refractivity contribution in [2.45, 2.75) is 12.6 Å². The van der Waals surface area contributed by atoms with Gasteiger partial charge in [-0.05, 0) is 42.3 Å². The molecule has 2 heterocycles. The van der Waals surface area contributed by atoms with E-state index in [1.54, 1.807) is 18.0 Å². The molecule has 0 unspecified atom stereocenters. The molecule has 0 atom stereocenters. The summed E-state index contributed by atoms with van der Waals surface area (Å²) in [6.07, 6.45) is -3.48. The average Bonchev–Trinajstić information content (AvgIpc) is 2.75. The van der Waals surface area contributed by atoms with Crippen LogP contribution < -0.4 is 14.5 Å². The normalized spacial score (nSPS) is 17.7. The van der Waals surface area contributed by atoms with E-state index in [-0.39, 0.29) is 12.5 Å². The van der Waals surface area contributed by atoms with E-state index in [2.05, 4.69) is 4.90 Å². The zero-order chi connectivity index (χ0) is 21.3. The second kappa shape index (κ2) is 8.18. The molecule has 0 radical (unpaired) electrons. The van der Waals surface area contributed by atoms with Gasteiger partial charge in [-0.2, -0.15) is 13.2 Å². The number of anilines is 2. The highest BCUT2D eigenvalue weighted by Crippen LogP contribution is 2.33. The van der Waals surface area contributed by atoms with Crippen LogP contribution in [0.3, 0.4) is 0 Å². The number of likely N-dealkylation sites (N-methyl/N-ethyl adjacent to an activating group) is 1. The molecule has 4 rings (SSSR count). The maximum absolute atomic E-state index is 12.9. The third-order valence-electron chi connectivity index (χ3n) is 5.74. The summed E-state index contributed by atoms with van der Waals surface area (Å²) in [7, 11) is 1.74. The van der Waals surface area contributed by atoms with Crippen molar-refractivity contribution in [1.82, 2.24) is 4.90 Å². The molecule has 0 saturated carbocycles. The number of amides is 1. The van der Waals surface area contributed by atoms with Gasteiger partial charge in [0, 0.05) is 45.5 Å². The summed E-state index contributed by atoms with van der Waals surface area (Å²) < 4.78 is 44.4. The molecular formula is C22H24F3N3O2. The van der Waals surface area contributed by atoms with Crippen LogP contribution in [0.25, 0.3) is 0 Å². The molecule has 1 saturated heterocycles. The molecule has 8 heteroatoms. The Morgan fingerprint density at radius 1 is 1.03 bits per heavy atom. The fourth-order valence-corrected chi connectivity index (χ4v) is 3.87. The Bertz CT molecular complexity index is 924. The van der Waals surface area contributed by atoms with Crippen molar-refractivity contribution in [3.05, 3.63) is 53.6 Å². The van der Waals surface area contributed by atoms with Gasteiger partial charge >= 0.3 is 6.18 Å². The third-order valence-corrected chi connectivity index (χ3v) is 5.74. The first kappa shape index (κ1) is 20.5. The first-order chi connectivity index (χ1) is 14.3. The lowest BCUT2D eigenvalue weighted by molar-refractivity contribution is -0.137. The second-order valence-electron chi connectivity index (χ2n) is 7.67. The second-order valence-corrected chi connectivity index (χ2v) is 7.67. The summed E-state index contributed by atoms with van der Waals surface area (Å²) in [6.45, 7) is 3.92. The predicted octanol–water partition coefficient (Wildman–Crippen LogP) is 3.43. The Morgan fingerprint density at radius 2 is 1.80 bits per heavy atom. The van der Waals surface area contributed by atoms with Crippen molar-refractivity contribution in [3.63, 3.8) is 0 Å². The standard InChI is InChI=1S/C22H24F3N3O2/c1-26-19-6-5-16(13-20(19)30-15-21(26)29)7-8-27-9-11-28(12-10-27)18-4-2-3-17(14-18)22(23,24)25/h2-6,13-14H,7-12,15H2,1H3. The van der Waals surface area contributed by atoms with Gasteiger partial charge < -0.3 is 14.5 Å². The Balaban J connectivity index is 1.31. The smallest absolute Gasteiger partial charge is 0.416 e. The van der Waals surface area contributed by atoms with Gasteiger partial charge in [-0.1, -0.05) is 12.1 Å². The maximum atomic E-state index is 12.9. The molecule has 0 bridgehead atoms. The summed E-state index contributed by atoms with van der Waals surface area (Å²) in [5.74, 6) is 0.665. The van der Waals surface area contributed by atoms with Crippen LogP contribution in [-0.2, 0) is 17.4 Å². The SMILES string of the molecule is CN1C(=O)COc2cc(CCN3CCN(c4cccc(C(F)(F)F)c4)CC3)ccc21. The van der Waals surface area contributed by atoms with E-state index in [0.29, 0.717) is 18.8 Å². The fraction of sp³-hybridized carbons (Fsp3) is 0.409. The monoisotopic (exact) mass is 419 g/mol. The number of fused-ring (bicyclic) bond motifs is 1. The van der Waals surface area contributed by atoms with Crippen molar-refractivity contribution in [3.8, 4) is 5.75 Å². The molecule has 0 spiro atoms. The molecule has 2 aromatic rings. The average molecular weight is 419 g/mol. The van der Waals surface area contributed by atoms with Gasteiger partial charge in [0.25, 0.3) is 5.91 Å². The molecule has 1 amide bonds. The highest BCUT2D eigenvalue weighted by atomic mass is 19.4. The van der Waals surface area contributed by atoms with Gasteiger partial charge in [0.15, 0.2) is 6.61 Å². The molecule has 2 aromatic carbocycles. The van der Waals surface area contributed by atoms with Gasteiger partial charge in [-0.3, -0.25) is 9.69 Å². The number of rotatable bonds is 4. The lowest BCUT2D eigenvalue weighted by Gasteiger charge is -2.36. The lowest BCUT2D eigenvalue weighted by Crippen LogP contribution is -2.47. The molecule has 0 N–H and O–H groups in total. The van der Waals surface area contributed by atoms with Crippen LogP contribution in [0.15, 0.2) is 42.5 Å². The van der Waals surface area contributed by atoms with Crippen LogP contribution in [-0.4, -0.2) is 57.2 Å². The van der Waals surface area contributed by atoms with Crippen LogP contribution in [0.2, 0.25) is 0 Å². The van der Waals surface area contributed by atoms with Crippen LogP contribution in [0.4, 0.5) is 24.5 Å².